The van der Waals surface area contributed by atoms with Crippen LogP contribution in [0, 0.1) is 6.92 Å². The van der Waals surface area contributed by atoms with E-state index in [2.05, 4.69) is 25.8 Å². The molecule has 10 nitrogen and oxygen atoms in total. The molecule has 1 atom stereocenters. The number of tetrazole rings is 1. The largest absolute Gasteiger partial charge is 0.479 e. The van der Waals surface area contributed by atoms with Crippen molar-refractivity contribution in [3.63, 3.8) is 0 Å². The predicted molar refractivity (Wildman–Crippen MR) is 96.9 cm³/mol. The summed E-state index contributed by atoms with van der Waals surface area (Å²) in [5, 5.41) is 29.7. The quantitative estimate of drug-likeness (QED) is 0.673. The second-order valence-electron chi connectivity index (χ2n) is 7.03. The number of ether oxygens (including phenoxy) is 1. The van der Waals surface area contributed by atoms with E-state index in [1.807, 2.05) is 31.2 Å². The molecule has 3 aromatic rings. The van der Waals surface area contributed by atoms with Crippen LogP contribution in [0.5, 0.6) is 0 Å². The van der Waals surface area contributed by atoms with E-state index in [1.54, 1.807) is 15.6 Å². The molecule has 3 heterocycles. The second-order valence-corrected chi connectivity index (χ2v) is 7.03. The number of carboxylic acids is 1. The lowest BCUT2D eigenvalue weighted by Gasteiger charge is -2.32. The standard InChI is InChI=1S/C18H21N7O3/c1-13-4-6-15(7-5-13)25-16(20-21-23-25)12-24-11-14(19-22-24)10-18(17(26)27)8-2-3-9-28-18/h4-7,11H,2-3,8-10,12H2,1H3,(H,26,27). The van der Waals surface area contributed by atoms with Crippen molar-refractivity contribution in [3.05, 3.63) is 47.5 Å². The molecular weight excluding hydrogens is 362 g/mol. The van der Waals surface area contributed by atoms with Crippen LogP contribution in [-0.2, 0) is 22.5 Å². The normalized spacial score (nSPS) is 19.6. The summed E-state index contributed by atoms with van der Waals surface area (Å²) < 4.78 is 8.86. The van der Waals surface area contributed by atoms with Crippen LogP contribution < -0.4 is 0 Å². The highest BCUT2D eigenvalue weighted by Crippen LogP contribution is 2.28. The fraction of sp³-hybridized carbons (Fsp3) is 0.444. The average Bonchev–Trinajstić information content (AvgIpc) is 3.33. The molecule has 1 saturated heterocycles. The number of hydrogen-bond acceptors (Lipinski definition) is 7. The molecular formula is C18H21N7O3. The zero-order chi connectivity index (χ0) is 19.6. The molecule has 28 heavy (non-hydrogen) atoms. The molecule has 2 aromatic heterocycles. The molecule has 1 unspecified atom stereocenters. The van der Waals surface area contributed by atoms with Gasteiger partial charge >= 0.3 is 5.97 Å². The summed E-state index contributed by atoms with van der Waals surface area (Å²) in [7, 11) is 0. The first-order chi connectivity index (χ1) is 13.6. The van der Waals surface area contributed by atoms with Crippen LogP contribution in [0.25, 0.3) is 5.69 Å². The lowest BCUT2D eigenvalue weighted by Crippen LogP contribution is -2.46. The van der Waals surface area contributed by atoms with Crippen molar-refractivity contribution in [2.75, 3.05) is 6.61 Å². The molecule has 10 heteroatoms. The fourth-order valence-corrected chi connectivity index (χ4v) is 3.36. The van der Waals surface area contributed by atoms with Gasteiger partial charge in [0.25, 0.3) is 0 Å². The third-order valence-corrected chi connectivity index (χ3v) is 4.91. The number of rotatable bonds is 6. The first-order valence-electron chi connectivity index (χ1n) is 9.16. The SMILES string of the molecule is Cc1ccc(-n2nnnc2Cn2cc(CC3(C(=O)O)CCCCO3)nn2)cc1. The maximum atomic E-state index is 11.8. The third kappa shape index (κ3) is 3.63. The van der Waals surface area contributed by atoms with E-state index in [0.717, 1.165) is 24.1 Å². The highest BCUT2D eigenvalue weighted by molar-refractivity contribution is 5.78. The summed E-state index contributed by atoms with van der Waals surface area (Å²) >= 11 is 0. The summed E-state index contributed by atoms with van der Waals surface area (Å²) in [5.41, 5.74) is 1.35. The van der Waals surface area contributed by atoms with E-state index < -0.39 is 11.6 Å². The Bertz CT molecular complexity index is 958. The van der Waals surface area contributed by atoms with Gasteiger partial charge in [-0.05, 0) is 48.7 Å². The van der Waals surface area contributed by atoms with E-state index in [9.17, 15) is 9.90 Å². The molecule has 1 aliphatic rings. The van der Waals surface area contributed by atoms with Gasteiger partial charge in [-0.15, -0.1) is 10.2 Å². The van der Waals surface area contributed by atoms with Gasteiger partial charge in [-0.2, -0.15) is 4.68 Å². The zero-order valence-corrected chi connectivity index (χ0v) is 15.5. The lowest BCUT2D eigenvalue weighted by molar-refractivity contribution is -0.172. The van der Waals surface area contributed by atoms with Crippen LogP contribution in [0.1, 0.15) is 36.3 Å². The van der Waals surface area contributed by atoms with Crippen LogP contribution in [0.3, 0.4) is 0 Å². The molecule has 4 rings (SSSR count). The third-order valence-electron chi connectivity index (χ3n) is 4.91. The van der Waals surface area contributed by atoms with Gasteiger partial charge < -0.3 is 9.84 Å². The first-order valence-corrected chi connectivity index (χ1v) is 9.16. The molecule has 0 spiro atoms. The van der Waals surface area contributed by atoms with Crippen LogP contribution in [0.4, 0.5) is 0 Å². The molecule has 1 fully saturated rings. The van der Waals surface area contributed by atoms with E-state index in [1.165, 1.54) is 0 Å². The van der Waals surface area contributed by atoms with Crippen molar-refractivity contribution in [2.24, 2.45) is 0 Å². The number of aryl methyl sites for hydroxylation is 1. The maximum absolute atomic E-state index is 11.8. The highest BCUT2D eigenvalue weighted by atomic mass is 16.5. The van der Waals surface area contributed by atoms with Crippen LogP contribution in [-0.4, -0.2) is 58.5 Å². The summed E-state index contributed by atoms with van der Waals surface area (Å²) in [5.74, 6) is -0.354. The maximum Gasteiger partial charge on any atom is 0.336 e. The Hall–Kier alpha value is -3.14. The molecule has 0 aliphatic carbocycles. The van der Waals surface area contributed by atoms with Crippen LogP contribution in [0.2, 0.25) is 0 Å². The summed E-state index contributed by atoms with van der Waals surface area (Å²) in [6.07, 6.45) is 4.08. The number of carbonyl (C=O) groups is 1. The summed E-state index contributed by atoms with van der Waals surface area (Å²) in [6.45, 7) is 2.78. The van der Waals surface area contributed by atoms with Crippen LogP contribution >= 0.6 is 0 Å². The highest BCUT2D eigenvalue weighted by Gasteiger charge is 2.42. The second kappa shape index (κ2) is 7.47. The van der Waals surface area contributed by atoms with Crippen LogP contribution in [0.15, 0.2) is 30.5 Å². The Morgan fingerprint density at radius 1 is 1.21 bits per heavy atom. The summed E-state index contributed by atoms with van der Waals surface area (Å²) in [6, 6.07) is 7.87. The number of benzene rings is 1. The minimum Gasteiger partial charge on any atom is -0.479 e. The van der Waals surface area contributed by atoms with Gasteiger partial charge in [-0.1, -0.05) is 22.9 Å². The molecule has 0 bridgehead atoms. The number of aliphatic carboxylic acids is 1. The Morgan fingerprint density at radius 3 is 2.75 bits per heavy atom. The van der Waals surface area contributed by atoms with Gasteiger partial charge in [-0.25, -0.2) is 9.48 Å². The Morgan fingerprint density at radius 2 is 2.04 bits per heavy atom. The van der Waals surface area contributed by atoms with E-state index in [0.29, 0.717) is 31.1 Å². The average molecular weight is 383 g/mol. The van der Waals surface area contributed by atoms with Gasteiger partial charge in [0.2, 0.25) is 0 Å². The molecule has 1 aliphatic heterocycles. The van der Waals surface area contributed by atoms with Gasteiger partial charge in [0.1, 0.15) is 6.54 Å². The van der Waals surface area contributed by atoms with Gasteiger partial charge in [-0.3, -0.25) is 0 Å². The van der Waals surface area contributed by atoms with Crippen molar-refractivity contribution in [3.8, 4) is 5.69 Å². The van der Waals surface area contributed by atoms with E-state index >= 15 is 0 Å². The summed E-state index contributed by atoms with van der Waals surface area (Å²) in [4.78, 5) is 11.8. The van der Waals surface area contributed by atoms with Crippen molar-refractivity contribution < 1.29 is 14.6 Å². The van der Waals surface area contributed by atoms with Gasteiger partial charge in [0.15, 0.2) is 11.4 Å². The molecule has 0 radical (unpaired) electrons. The van der Waals surface area contributed by atoms with Crippen molar-refractivity contribution in [1.29, 1.82) is 0 Å². The molecule has 0 amide bonds. The predicted octanol–water partition coefficient (Wildman–Crippen LogP) is 1.18. The van der Waals surface area contributed by atoms with Crippen molar-refractivity contribution in [1.82, 2.24) is 35.2 Å². The van der Waals surface area contributed by atoms with Crippen molar-refractivity contribution >= 4 is 5.97 Å². The number of nitrogens with zero attached hydrogens (tertiary/aromatic N) is 7. The topological polar surface area (TPSA) is 121 Å². The zero-order valence-electron chi connectivity index (χ0n) is 15.5. The fourth-order valence-electron chi connectivity index (χ4n) is 3.36. The van der Waals surface area contributed by atoms with Gasteiger partial charge in [0, 0.05) is 19.2 Å². The van der Waals surface area contributed by atoms with Crippen molar-refractivity contribution in [2.45, 2.75) is 44.8 Å². The Balaban J connectivity index is 1.51. The van der Waals surface area contributed by atoms with E-state index in [-0.39, 0.29) is 6.42 Å². The molecule has 1 aromatic carbocycles. The number of aromatic nitrogens is 7. The number of carboxylic acid groups (broad SMARTS) is 1. The molecule has 1 N–H and O–H groups in total. The Kier molecular flexibility index (Phi) is 4.86. The van der Waals surface area contributed by atoms with E-state index in [4.69, 9.17) is 4.74 Å². The lowest BCUT2D eigenvalue weighted by atomic mass is 9.89. The minimum absolute atomic E-state index is 0.186. The number of hydrogen-bond donors (Lipinski definition) is 1. The smallest absolute Gasteiger partial charge is 0.336 e. The minimum atomic E-state index is -1.22. The monoisotopic (exact) mass is 383 g/mol. The Labute approximate surface area is 161 Å². The molecule has 0 saturated carbocycles. The molecule has 146 valence electrons. The van der Waals surface area contributed by atoms with Gasteiger partial charge in [0.05, 0.1) is 11.4 Å². The first kappa shape index (κ1) is 18.2.